The first kappa shape index (κ1) is 17.3. The average Bonchev–Trinajstić information content (AvgIpc) is 3.20. The maximum atomic E-state index is 11.3. The molecule has 24 heavy (non-hydrogen) atoms. The molecule has 3 heterocycles. The zero-order valence-electron chi connectivity index (χ0n) is 13.6. The summed E-state index contributed by atoms with van der Waals surface area (Å²) in [6.07, 6.45) is 7.12. The summed E-state index contributed by atoms with van der Waals surface area (Å²) in [6, 6.07) is 0.472. The Bertz CT molecular complexity index is 759. The lowest BCUT2D eigenvalue weighted by Crippen LogP contribution is -2.32. The quantitative estimate of drug-likeness (QED) is 0.786. The summed E-state index contributed by atoms with van der Waals surface area (Å²) < 4.78 is 32.3. The molecule has 0 saturated carbocycles. The van der Waals surface area contributed by atoms with Crippen molar-refractivity contribution in [1.82, 2.24) is 19.7 Å². The molecular formula is C14H21N5O3S2. The van der Waals surface area contributed by atoms with Crippen LogP contribution in [0.2, 0.25) is 0 Å². The molecule has 0 amide bonds. The summed E-state index contributed by atoms with van der Waals surface area (Å²) in [4.78, 5) is 6.70. The monoisotopic (exact) mass is 371 g/mol. The van der Waals surface area contributed by atoms with Crippen LogP contribution in [0.3, 0.4) is 0 Å². The van der Waals surface area contributed by atoms with E-state index in [1.807, 2.05) is 16.3 Å². The van der Waals surface area contributed by atoms with Gasteiger partial charge in [0.15, 0.2) is 0 Å². The molecule has 1 saturated heterocycles. The third kappa shape index (κ3) is 4.32. The summed E-state index contributed by atoms with van der Waals surface area (Å²) in [5.41, 5.74) is 0.485. The number of methoxy groups -OCH3 is 1. The Morgan fingerprint density at radius 3 is 3.00 bits per heavy atom. The molecule has 10 heteroatoms. The molecule has 1 fully saturated rings. The summed E-state index contributed by atoms with van der Waals surface area (Å²) in [5.74, 6) is 0. The maximum Gasteiger partial charge on any atom is 0.229 e. The maximum absolute atomic E-state index is 11.3. The van der Waals surface area contributed by atoms with E-state index in [0.29, 0.717) is 18.3 Å². The van der Waals surface area contributed by atoms with Crippen molar-refractivity contribution in [1.29, 1.82) is 0 Å². The first-order valence-corrected chi connectivity index (χ1v) is 10.3. The highest BCUT2D eigenvalue weighted by Gasteiger charge is 2.33. The number of sulfonamides is 1. The van der Waals surface area contributed by atoms with Crippen LogP contribution >= 0.6 is 11.3 Å². The lowest BCUT2D eigenvalue weighted by Gasteiger charge is -2.22. The summed E-state index contributed by atoms with van der Waals surface area (Å²) in [5, 5.41) is 7.37. The Morgan fingerprint density at radius 2 is 2.33 bits per heavy atom. The summed E-state index contributed by atoms with van der Waals surface area (Å²) >= 11 is 1.64. The van der Waals surface area contributed by atoms with Crippen molar-refractivity contribution in [3.05, 3.63) is 29.0 Å². The summed E-state index contributed by atoms with van der Waals surface area (Å²) in [7, 11) is -1.59. The van der Waals surface area contributed by atoms with Gasteiger partial charge in [-0.3, -0.25) is 14.3 Å². The Balaban J connectivity index is 1.70. The van der Waals surface area contributed by atoms with Gasteiger partial charge in [0.1, 0.15) is 5.01 Å². The molecule has 3 rings (SSSR count). The number of aromatic nitrogens is 3. The number of nitrogens with one attached hydrogen (secondary N) is 1. The Morgan fingerprint density at radius 1 is 1.50 bits per heavy atom. The lowest BCUT2D eigenvalue weighted by atomic mass is 10.2. The summed E-state index contributed by atoms with van der Waals surface area (Å²) in [6.45, 7) is 2.27. The van der Waals surface area contributed by atoms with E-state index in [2.05, 4.69) is 19.7 Å². The molecule has 0 bridgehead atoms. The second-order valence-electron chi connectivity index (χ2n) is 5.94. The van der Waals surface area contributed by atoms with Crippen molar-refractivity contribution < 1.29 is 13.2 Å². The molecule has 0 aromatic carbocycles. The largest absolute Gasteiger partial charge is 0.383 e. The predicted molar refractivity (Wildman–Crippen MR) is 92.5 cm³/mol. The molecule has 1 aliphatic heterocycles. The standard InChI is InChI=1S/C14H21N5O3S2/c1-22-10-13-5-12(8-18(13)9-14-15-3-4-23-14)19-7-11(6-16-19)17-24(2,20)21/h3-4,6-7,12-13,17H,5,8-10H2,1-2H3/t12-,13-/m0/s1. The molecule has 2 aromatic heterocycles. The minimum absolute atomic E-state index is 0.181. The molecule has 1 N–H and O–H groups in total. The molecule has 0 aliphatic carbocycles. The van der Waals surface area contributed by atoms with E-state index in [-0.39, 0.29) is 6.04 Å². The fraction of sp³-hybridized carbons (Fsp3) is 0.571. The molecule has 132 valence electrons. The van der Waals surface area contributed by atoms with Crippen molar-refractivity contribution in [2.45, 2.75) is 25.0 Å². The number of hydrogen-bond donors (Lipinski definition) is 1. The first-order chi connectivity index (χ1) is 11.4. The average molecular weight is 371 g/mol. The van der Waals surface area contributed by atoms with Crippen molar-refractivity contribution in [3.8, 4) is 0 Å². The van der Waals surface area contributed by atoms with Crippen LogP contribution in [0.4, 0.5) is 5.69 Å². The number of nitrogens with zero attached hydrogens (tertiary/aromatic N) is 4. The van der Waals surface area contributed by atoms with Gasteiger partial charge >= 0.3 is 0 Å². The Kier molecular flexibility index (Phi) is 5.18. The molecule has 0 radical (unpaired) electrons. The molecule has 2 aromatic rings. The highest BCUT2D eigenvalue weighted by molar-refractivity contribution is 7.92. The zero-order valence-corrected chi connectivity index (χ0v) is 15.3. The third-order valence-corrected chi connectivity index (χ3v) is 5.34. The normalized spacial score (nSPS) is 22.1. The molecular weight excluding hydrogens is 350 g/mol. The molecule has 0 unspecified atom stereocenters. The van der Waals surface area contributed by atoms with Crippen LogP contribution in [0.25, 0.3) is 0 Å². The number of rotatable bonds is 7. The van der Waals surface area contributed by atoms with Crippen LogP contribution in [-0.2, 0) is 21.3 Å². The van der Waals surface area contributed by atoms with E-state index < -0.39 is 10.0 Å². The van der Waals surface area contributed by atoms with Crippen LogP contribution in [0.5, 0.6) is 0 Å². The highest BCUT2D eigenvalue weighted by atomic mass is 32.2. The first-order valence-electron chi connectivity index (χ1n) is 7.58. The van der Waals surface area contributed by atoms with Gasteiger partial charge in [0, 0.05) is 37.5 Å². The van der Waals surface area contributed by atoms with E-state index in [9.17, 15) is 8.42 Å². The van der Waals surface area contributed by atoms with Crippen LogP contribution in [0, 0.1) is 0 Å². The van der Waals surface area contributed by atoms with Crippen molar-refractivity contribution in [2.75, 3.05) is 31.2 Å². The van der Waals surface area contributed by atoms with Gasteiger partial charge in [-0.1, -0.05) is 0 Å². The highest BCUT2D eigenvalue weighted by Crippen LogP contribution is 2.29. The van der Waals surface area contributed by atoms with Crippen LogP contribution in [-0.4, -0.2) is 60.6 Å². The Labute approximate surface area is 145 Å². The van der Waals surface area contributed by atoms with Gasteiger partial charge in [0.05, 0.1) is 37.3 Å². The smallest absolute Gasteiger partial charge is 0.229 e. The molecule has 2 atom stereocenters. The molecule has 1 aliphatic rings. The fourth-order valence-corrected chi connectivity index (χ4v) is 4.19. The van der Waals surface area contributed by atoms with Crippen molar-refractivity contribution in [3.63, 3.8) is 0 Å². The van der Waals surface area contributed by atoms with Gasteiger partial charge in [-0.05, 0) is 6.42 Å². The minimum Gasteiger partial charge on any atom is -0.383 e. The third-order valence-electron chi connectivity index (χ3n) is 3.97. The number of likely N-dealkylation sites (tertiary alicyclic amines) is 1. The number of hydrogen-bond acceptors (Lipinski definition) is 7. The SMILES string of the molecule is COC[C@@H]1C[C@H](n2cc(NS(C)(=O)=O)cn2)CN1Cc1nccs1. The van der Waals surface area contributed by atoms with E-state index in [4.69, 9.17) is 4.74 Å². The number of thiazole rings is 1. The van der Waals surface area contributed by atoms with Gasteiger partial charge < -0.3 is 4.74 Å². The lowest BCUT2D eigenvalue weighted by molar-refractivity contribution is 0.112. The molecule has 0 spiro atoms. The topological polar surface area (TPSA) is 89.3 Å². The van der Waals surface area contributed by atoms with E-state index in [0.717, 1.165) is 30.8 Å². The van der Waals surface area contributed by atoms with Gasteiger partial charge in [-0.25, -0.2) is 13.4 Å². The van der Waals surface area contributed by atoms with Crippen LogP contribution in [0.15, 0.2) is 24.0 Å². The van der Waals surface area contributed by atoms with E-state index in [1.54, 1.807) is 24.6 Å². The second kappa shape index (κ2) is 7.18. The van der Waals surface area contributed by atoms with Crippen molar-refractivity contribution in [2.24, 2.45) is 0 Å². The van der Waals surface area contributed by atoms with Gasteiger partial charge in [0.25, 0.3) is 0 Å². The van der Waals surface area contributed by atoms with Crippen LogP contribution < -0.4 is 4.72 Å². The predicted octanol–water partition coefficient (Wildman–Crippen LogP) is 1.17. The fourth-order valence-electron chi connectivity index (χ4n) is 3.02. The van der Waals surface area contributed by atoms with E-state index in [1.165, 1.54) is 6.20 Å². The zero-order chi connectivity index (χ0) is 17.2. The van der Waals surface area contributed by atoms with Gasteiger partial charge in [0.2, 0.25) is 10.0 Å². The Hall–Kier alpha value is -1.49. The number of anilines is 1. The van der Waals surface area contributed by atoms with Gasteiger partial charge in [-0.2, -0.15) is 5.10 Å². The van der Waals surface area contributed by atoms with Gasteiger partial charge in [-0.15, -0.1) is 11.3 Å². The van der Waals surface area contributed by atoms with Crippen LogP contribution in [0.1, 0.15) is 17.5 Å². The van der Waals surface area contributed by atoms with Crippen molar-refractivity contribution >= 4 is 27.0 Å². The minimum atomic E-state index is -3.29. The molecule has 8 nitrogen and oxygen atoms in total. The van der Waals surface area contributed by atoms with E-state index >= 15 is 0 Å². The number of ether oxygens (including phenoxy) is 1. The second-order valence-corrected chi connectivity index (χ2v) is 8.66.